The van der Waals surface area contributed by atoms with Crippen LogP contribution in [0.4, 0.5) is 0 Å². The second kappa shape index (κ2) is 13.8. The van der Waals surface area contributed by atoms with E-state index >= 15 is 0 Å². The summed E-state index contributed by atoms with van der Waals surface area (Å²) in [4.78, 5) is 0. The van der Waals surface area contributed by atoms with Gasteiger partial charge in [-0.05, 0) is 31.1 Å². The van der Waals surface area contributed by atoms with Gasteiger partial charge in [-0.2, -0.15) is 11.2 Å². The largest absolute Gasteiger partial charge is 0.382 e. The predicted molar refractivity (Wildman–Crippen MR) is 194 cm³/mol. The molecule has 0 fully saturated rings. The Kier molecular flexibility index (Phi) is 9.46. The second-order valence-corrected chi connectivity index (χ2v) is 23.3. The lowest BCUT2D eigenvalue weighted by molar-refractivity contribution is 0.290. The monoisotopic (exact) mass is 626 g/mol. The van der Waals surface area contributed by atoms with Gasteiger partial charge in [0.2, 0.25) is 14.4 Å². The highest BCUT2D eigenvalue weighted by Gasteiger charge is 2.44. The maximum Gasteiger partial charge on any atom is 0.212 e. The topological polar surface area (TPSA) is 20.2 Å². The van der Waals surface area contributed by atoms with Crippen LogP contribution in [0.15, 0.2) is 182 Å². The summed E-state index contributed by atoms with van der Waals surface area (Å²) in [5.41, 5.74) is -0.583. The fourth-order valence-electron chi connectivity index (χ4n) is 5.93. The van der Waals surface area contributed by atoms with Gasteiger partial charge in [0, 0.05) is 5.75 Å². The Labute approximate surface area is 265 Å². The van der Waals surface area contributed by atoms with Gasteiger partial charge in [0.1, 0.15) is 5.44 Å². The summed E-state index contributed by atoms with van der Waals surface area (Å²) < 4.78 is 0. The maximum absolute atomic E-state index is 12.2. The molecule has 0 amide bonds. The van der Waals surface area contributed by atoms with E-state index in [1.54, 1.807) is 11.2 Å². The van der Waals surface area contributed by atoms with Crippen LogP contribution in [0.1, 0.15) is 0 Å². The van der Waals surface area contributed by atoms with E-state index in [-0.39, 0.29) is 0 Å². The third kappa shape index (κ3) is 6.10. The summed E-state index contributed by atoms with van der Waals surface area (Å²) >= 11 is 3.73. The molecule has 212 valence electrons. The van der Waals surface area contributed by atoms with E-state index in [1.807, 2.05) is 11.2 Å². The predicted octanol–water partition coefficient (Wildman–Crippen LogP) is 5.11. The van der Waals surface area contributed by atoms with Crippen molar-refractivity contribution in [1.29, 1.82) is 0 Å². The fourth-order valence-corrected chi connectivity index (χ4v) is 22.7. The Morgan fingerprint density at radius 2 is 0.605 bits per heavy atom. The minimum Gasteiger partial charge on any atom is -0.382 e. The zero-order valence-electron chi connectivity index (χ0n) is 23.9. The first-order valence-corrected chi connectivity index (χ1v) is 21.9. The number of benzene rings is 6. The molecule has 1 unspecified atom stereocenters. The van der Waals surface area contributed by atoms with Crippen LogP contribution in [0.25, 0.3) is 0 Å². The van der Waals surface area contributed by atoms with E-state index in [2.05, 4.69) is 182 Å². The van der Waals surface area contributed by atoms with Gasteiger partial charge < -0.3 is 5.11 Å². The maximum atomic E-state index is 12.2. The molecule has 6 aromatic rings. The SMILES string of the molecule is OC(CS[Si](c1ccccc1)(c1ccccc1)c1ccccc1)S[Si](c1ccccc1)(c1ccccc1)c1ccccc1. The van der Waals surface area contributed by atoms with E-state index in [1.165, 1.54) is 31.1 Å². The molecule has 6 rings (SSSR count). The lowest BCUT2D eigenvalue weighted by Gasteiger charge is -2.37. The number of rotatable bonds is 11. The molecule has 0 aliphatic heterocycles. The Hall–Kier alpha value is -3.59. The van der Waals surface area contributed by atoms with Crippen LogP contribution in [0.3, 0.4) is 0 Å². The molecule has 0 aliphatic carbocycles. The number of hydrogen-bond donors (Lipinski definition) is 1. The summed E-state index contributed by atoms with van der Waals surface area (Å²) in [5, 5.41) is 20.1. The van der Waals surface area contributed by atoms with Crippen LogP contribution in [0, 0.1) is 0 Å². The standard InChI is InChI=1S/C38H34OS2Si2/c39-38(41-43(35-25-13-4-14-26-35,36-27-15-5-16-28-36)37-29-17-6-18-30-37)31-40-42(32-19-7-1-8-20-32,33-21-9-2-10-22-33)34-23-11-3-12-24-34/h1-30,38-39H,31H2. The molecular formula is C38H34OS2Si2. The molecule has 6 aromatic carbocycles. The lowest BCUT2D eigenvalue weighted by Crippen LogP contribution is -2.66. The highest BCUT2D eigenvalue weighted by atomic mass is 32.4. The molecule has 0 bridgehead atoms. The zero-order chi connectivity index (χ0) is 29.4. The van der Waals surface area contributed by atoms with Crippen LogP contribution in [0.2, 0.25) is 0 Å². The smallest absolute Gasteiger partial charge is 0.212 e. The molecule has 0 aromatic heterocycles. The summed E-state index contributed by atoms with van der Waals surface area (Å²) in [5.74, 6) is 0.608. The van der Waals surface area contributed by atoms with Crippen LogP contribution >= 0.6 is 22.4 Å². The molecule has 0 saturated carbocycles. The third-order valence-electron chi connectivity index (χ3n) is 7.84. The first kappa shape index (κ1) is 29.5. The van der Waals surface area contributed by atoms with Gasteiger partial charge in [0.05, 0.1) is 0 Å². The Morgan fingerprint density at radius 3 is 0.860 bits per heavy atom. The minimum atomic E-state index is -2.65. The molecular weight excluding hydrogens is 593 g/mol. The average Bonchev–Trinajstić information content (AvgIpc) is 3.10. The van der Waals surface area contributed by atoms with Crippen LogP contribution in [-0.4, -0.2) is 30.7 Å². The number of aliphatic hydroxyl groups excluding tert-OH is 1. The normalized spacial score (nSPS) is 12.5. The van der Waals surface area contributed by atoms with Gasteiger partial charge in [-0.3, -0.25) is 0 Å². The fraction of sp³-hybridized carbons (Fsp3) is 0.0526. The Balaban J connectivity index is 1.44. The van der Waals surface area contributed by atoms with E-state index in [9.17, 15) is 5.11 Å². The zero-order valence-corrected chi connectivity index (χ0v) is 27.5. The van der Waals surface area contributed by atoms with Crippen molar-refractivity contribution in [2.45, 2.75) is 5.44 Å². The highest BCUT2D eigenvalue weighted by Crippen LogP contribution is 2.30. The lowest BCUT2D eigenvalue weighted by atomic mass is 10.3. The van der Waals surface area contributed by atoms with E-state index < -0.39 is 19.9 Å². The first-order chi connectivity index (χ1) is 21.2. The Bertz CT molecular complexity index is 1500. The molecule has 5 heteroatoms. The summed E-state index contributed by atoms with van der Waals surface area (Å²) in [6.07, 6.45) is 0. The van der Waals surface area contributed by atoms with Crippen molar-refractivity contribution < 1.29 is 5.11 Å². The molecule has 0 saturated heterocycles. The van der Waals surface area contributed by atoms with Crippen LogP contribution in [-0.2, 0) is 0 Å². The van der Waals surface area contributed by atoms with E-state index in [0.29, 0.717) is 5.75 Å². The molecule has 0 aliphatic rings. The van der Waals surface area contributed by atoms with Gasteiger partial charge in [0.25, 0.3) is 0 Å². The molecule has 1 N–H and O–H groups in total. The summed E-state index contributed by atoms with van der Waals surface area (Å²) in [7, 11) is -5.19. The van der Waals surface area contributed by atoms with Gasteiger partial charge in [-0.15, -0.1) is 11.2 Å². The van der Waals surface area contributed by atoms with Crippen LogP contribution < -0.4 is 31.1 Å². The minimum absolute atomic E-state index is 0.583. The quantitative estimate of drug-likeness (QED) is 0.123. The van der Waals surface area contributed by atoms with Gasteiger partial charge in [0.15, 0.2) is 0 Å². The second-order valence-electron chi connectivity index (χ2n) is 10.4. The van der Waals surface area contributed by atoms with Crippen molar-refractivity contribution in [2.75, 3.05) is 5.75 Å². The molecule has 0 heterocycles. The number of aliphatic hydroxyl groups is 1. The van der Waals surface area contributed by atoms with Gasteiger partial charge in [-0.25, -0.2) is 0 Å². The van der Waals surface area contributed by atoms with Gasteiger partial charge >= 0.3 is 0 Å². The van der Waals surface area contributed by atoms with Crippen molar-refractivity contribution in [1.82, 2.24) is 0 Å². The van der Waals surface area contributed by atoms with E-state index in [0.717, 1.165) is 0 Å². The molecule has 0 spiro atoms. The van der Waals surface area contributed by atoms with E-state index in [4.69, 9.17) is 0 Å². The first-order valence-electron chi connectivity index (χ1n) is 14.6. The molecule has 1 nitrogen and oxygen atoms in total. The Morgan fingerprint density at radius 1 is 0.372 bits per heavy atom. The molecule has 1 atom stereocenters. The summed E-state index contributed by atoms with van der Waals surface area (Å²) in [6, 6.07) is 65.3. The number of hydrogen-bond acceptors (Lipinski definition) is 3. The average molecular weight is 627 g/mol. The molecule has 43 heavy (non-hydrogen) atoms. The molecule has 0 radical (unpaired) electrons. The van der Waals surface area contributed by atoms with Crippen molar-refractivity contribution in [3.8, 4) is 0 Å². The highest BCUT2D eigenvalue weighted by molar-refractivity contribution is 8.36. The van der Waals surface area contributed by atoms with Crippen molar-refractivity contribution >= 4 is 68.0 Å². The summed E-state index contributed by atoms with van der Waals surface area (Å²) in [6.45, 7) is 0. The third-order valence-corrected chi connectivity index (χ3v) is 24.6. The van der Waals surface area contributed by atoms with Crippen molar-refractivity contribution in [3.63, 3.8) is 0 Å². The van der Waals surface area contributed by atoms with Crippen LogP contribution in [0.5, 0.6) is 0 Å². The van der Waals surface area contributed by atoms with Gasteiger partial charge in [-0.1, -0.05) is 182 Å². The van der Waals surface area contributed by atoms with Crippen molar-refractivity contribution in [3.05, 3.63) is 182 Å². The van der Waals surface area contributed by atoms with Crippen molar-refractivity contribution in [2.24, 2.45) is 0 Å².